The van der Waals surface area contributed by atoms with Gasteiger partial charge in [-0.3, -0.25) is 0 Å². The molecule has 0 aromatic carbocycles. The summed E-state index contributed by atoms with van der Waals surface area (Å²) in [5, 5.41) is 8.37. The lowest BCUT2D eigenvalue weighted by molar-refractivity contribution is -0.183. The predicted octanol–water partition coefficient (Wildman–Crippen LogP) is 3.27. The van der Waals surface area contributed by atoms with Crippen LogP contribution < -0.4 is 0 Å². The summed E-state index contributed by atoms with van der Waals surface area (Å²) in [6.45, 7) is 0. The third-order valence-corrected chi connectivity index (χ3v) is 2.69. The van der Waals surface area contributed by atoms with Gasteiger partial charge in [-0.1, -0.05) is 0 Å². The molecule has 0 N–H and O–H groups in total. The van der Waals surface area contributed by atoms with E-state index in [2.05, 4.69) is 0 Å². The molecule has 0 aliphatic heterocycles. The molecule has 0 spiro atoms. The van der Waals surface area contributed by atoms with E-state index in [1.165, 1.54) is 0 Å². The maximum absolute atomic E-state index is 12.2. The molecular weight excluding hydrogens is 179 g/mol. The van der Waals surface area contributed by atoms with E-state index in [0.717, 1.165) is 0 Å². The highest BCUT2D eigenvalue weighted by atomic mass is 19.4. The molecule has 0 heterocycles. The molecule has 13 heavy (non-hydrogen) atoms. The summed E-state index contributed by atoms with van der Waals surface area (Å²) in [7, 11) is 0. The first-order valence-electron chi connectivity index (χ1n) is 4.47. The lowest BCUT2D eigenvalue weighted by atomic mass is 9.80. The van der Waals surface area contributed by atoms with Crippen LogP contribution in [0.2, 0.25) is 0 Å². The summed E-state index contributed by atoms with van der Waals surface area (Å²) >= 11 is 0. The Balaban J connectivity index is 2.36. The standard InChI is InChI=1S/C9H12F3N/c10-9(11,12)8-3-1-7(2-4-8)5-6-13/h7-8H,1-5H2. The van der Waals surface area contributed by atoms with E-state index in [1.54, 1.807) is 0 Å². The largest absolute Gasteiger partial charge is 0.391 e. The van der Waals surface area contributed by atoms with Crippen LogP contribution in [0.25, 0.3) is 0 Å². The van der Waals surface area contributed by atoms with Crippen molar-refractivity contribution < 1.29 is 13.2 Å². The molecule has 4 heteroatoms. The first-order chi connectivity index (χ1) is 6.04. The van der Waals surface area contributed by atoms with E-state index >= 15 is 0 Å². The molecule has 1 aliphatic carbocycles. The van der Waals surface area contributed by atoms with Gasteiger partial charge in [0.15, 0.2) is 0 Å². The second-order valence-electron chi connectivity index (χ2n) is 3.62. The van der Waals surface area contributed by atoms with Crippen molar-refractivity contribution in [2.24, 2.45) is 11.8 Å². The molecule has 1 aliphatic rings. The smallest absolute Gasteiger partial charge is 0.198 e. The summed E-state index contributed by atoms with van der Waals surface area (Å²) in [5.74, 6) is -0.925. The van der Waals surface area contributed by atoms with Crippen LogP contribution in [0.15, 0.2) is 0 Å². The quantitative estimate of drug-likeness (QED) is 0.624. The van der Waals surface area contributed by atoms with Gasteiger partial charge in [-0.05, 0) is 31.6 Å². The van der Waals surface area contributed by atoms with Gasteiger partial charge in [0, 0.05) is 6.42 Å². The van der Waals surface area contributed by atoms with Gasteiger partial charge in [-0.25, -0.2) is 0 Å². The van der Waals surface area contributed by atoms with Crippen molar-refractivity contribution in [3.05, 3.63) is 0 Å². The molecule has 1 nitrogen and oxygen atoms in total. The molecule has 0 amide bonds. The Kier molecular flexibility index (Phi) is 3.18. The molecule has 0 atom stereocenters. The minimum Gasteiger partial charge on any atom is -0.198 e. The van der Waals surface area contributed by atoms with Crippen molar-refractivity contribution >= 4 is 0 Å². The number of alkyl halides is 3. The molecule has 0 radical (unpaired) electrons. The topological polar surface area (TPSA) is 23.8 Å². The monoisotopic (exact) mass is 191 g/mol. The summed E-state index contributed by atoms with van der Waals surface area (Å²) in [6.07, 6.45) is -2.11. The van der Waals surface area contributed by atoms with Gasteiger partial charge in [0.25, 0.3) is 0 Å². The summed E-state index contributed by atoms with van der Waals surface area (Å²) in [4.78, 5) is 0. The molecule has 0 bridgehead atoms. The van der Waals surface area contributed by atoms with Crippen LogP contribution in [0.4, 0.5) is 13.2 Å². The highest BCUT2D eigenvalue weighted by molar-refractivity contribution is 4.82. The fraction of sp³-hybridized carbons (Fsp3) is 0.889. The predicted molar refractivity (Wildman–Crippen MR) is 41.7 cm³/mol. The third-order valence-electron chi connectivity index (χ3n) is 2.69. The third kappa shape index (κ3) is 2.91. The zero-order valence-corrected chi connectivity index (χ0v) is 7.27. The van der Waals surface area contributed by atoms with Crippen LogP contribution in [0.1, 0.15) is 32.1 Å². The first-order valence-corrected chi connectivity index (χ1v) is 4.47. The normalized spacial score (nSPS) is 29.7. The van der Waals surface area contributed by atoms with E-state index in [0.29, 0.717) is 19.3 Å². The van der Waals surface area contributed by atoms with Crippen LogP contribution in [-0.2, 0) is 0 Å². The minimum atomic E-state index is -4.03. The molecule has 0 unspecified atom stereocenters. The van der Waals surface area contributed by atoms with Crippen molar-refractivity contribution in [3.63, 3.8) is 0 Å². The van der Waals surface area contributed by atoms with Crippen LogP contribution in [0, 0.1) is 23.2 Å². The number of nitriles is 1. The molecule has 0 aromatic heterocycles. The van der Waals surface area contributed by atoms with Crippen molar-refractivity contribution in [1.82, 2.24) is 0 Å². The highest BCUT2D eigenvalue weighted by Gasteiger charge is 2.41. The lowest BCUT2D eigenvalue weighted by Crippen LogP contribution is -2.27. The molecule has 0 aromatic rings. The molecular formula is C9H12F3N. The van der Waals surface area contributed by atoms with E-state index in [-0.39, 0.29) is 18.8 Å². The minimum absolute atomic E-state index is 0.198. The van der Waals surface area contributed by atoms with Gasteiger partial charge in [0.05, 0.1) is 12.0 Å². The number of halogens is 3. The Morgan fingerprint density at radius 3 is 2.08 bits per heavy atom. The van der Waals surface area contributed by atoms with Crippen LogP contribution in [0.5, 0.6) is 0 Å². The second kappa shape index (κ2) is 3.99. The average Bonchev–Trinajstić information content (AvgIpc) is 2.04. The van der Waals surface area contributed by atoms with Crippen molar-refractivity contribution in [2.75, 3.05) is 0 Å². The fourth-order valence-electron chi connectivity index (χ4n) is 1.82. The lowest BCUT2D eigenvalue weighted by Gasteiger charge is -2.28. The Labute approximate surface area is 75.5 Å². The summed E-state index contributed by atoms with van der Waals surface area (Å²) in [5.41, 5.74) is 0. The van der Waals surface area contributed by atoms with Crippen LogP contribution in [0.3, 0.4) is 0 Å². The van der Waals surface area contributed by atoms with Crippen molar-refractivity contribution in [2.45, 2.75) is 38.3 Å². The van der Waals surface area contributed by atoms with Crippen LogP contribution >= 0.6 is 0 Å². The summed E-state index contributed by atoms with van der Waals surface area (Å²) < 4.78 is 36.6. The molecule has 1 fully saturated rings. The molecule has 1 rings (SSSR count). The maximum Gasteiger partial charge on any atom is 0.391 e. The summed E-state index contributed by atoms with van der Waals surface area (Å²) in [6, 6.07) is 2.01. The van der Waals surface area contributed by atoms with Gasteiger partial charge in [-0.2, -0.15) is 18.4 Å². The molecule has 74 valence electrons. The zero-order chi connectivity index (χ0) is 9.90. The fourth-order valence-corrected chi connectivity index (χ4v) is 1.82. The van der Waals surface area contributed by atoms with Crippen molar-refractivity contribution in [3.8, 4) is 6.07 Å². The SMILES string of the molecule is N#CCC1CCC(C(F)(F)F)CC1. The molecule has 1 saturated carbocycles. The first kappa shape index (κ1) is 10.4. The Morgan fingerprint density at radius 1 is 1.15 bits per heavy atom. The van der Waals surface area contributed by atoms with E-state index in [9.17, 15) is 13.2 Å². The number of hydrogen-bond acceptors (Lipinski definition) is 1. The van der Waals surface area contributed by atoms with Gasteiger partial charge in [-0.15, -0.1) is 0 Å². The van der Waals surface area contributed by atoms with E-state index in [1.807, 2.05) is 6.07 Å². The molecule has 0 saturated heterocycles. The zero-order valence-electron chi connectivity index (χ0n) is 7.27. The van der Waals surface area contributed by atoms with Gasteiger partial charge in [0.2, 0.25) is 0 Å². The number of nitrogens with zero attached hydrogens (tertiary/aromatic N) is 1. The van der Waals surface area contributed by atoms with Gasteiger partial charge in [0.1, 0.15) is 0 Å². The van der Waals surface area contributed by atoms with Crippen molar-refractivity contribution in [1.29, 1.82) is 5.26 Å². The Hall–Kier alpha value is -0.720. The van der Waals surface area contributed by atoms with Crippen LogP contribution in [-0.4, -0.2) is 6.18 Å². The number of rotatable bonds is 1. The second-order valence-corrected chi connectivity index (χ2v) is 3.62. The maximum atomic E-state index is 12.2. The van der Waals surface area contributed by atoms with E-state index < -0.39 is 12.1 Å². The average molecular weight is 191 g/mol. The Bertz CT molecular complexity index is 196. The Morgan fingerprint density at radius 2 is 1.69 bits per heavy atom. The van der Waals surface area contributed by atoms with E-state index in [4.69, 9.17) is 5.26 Å². The highest BCUT2D eigenvalue weighted by Crippen LogP contribution is 2.40. The number of hydrogen-bond donors (Lipinski definition) is 0. The van der Waals surface area contributed by atoms with Gasteiger partial charge >= 0.3 is 6.18 Å². The van der Waals surface area contributed by atoms with Gasteiger partial charge < -0.3 is 0 Å².